The number of imidazole rings is 2. The average Bonchev–Trinajstić information content (AvgIpc) is 4.07. The molecule has 1 aliphatic rings. The van der Waals surface area contributed by atoms with E-state index in [0.717, 1.165) is 23.2 Å². The summed E-state index contributed by atoms with van der Waals surface area (Å²) >= 11 is 0. The molecule has 1 saturated heterocycles. The van der Waals surface area contributed by atoms with Crippen LogP contribution in [-0.4, -0.2) is 79.8 Å². The summed E-state index contributed by atoms with van der Waals surface area (Å²) in [6.45, 7) is 2.32. The molecule has 1 unspecified atom stereocenters. The van der Waals surface area contributed by atoms with E-state index in [-0.39, 0.29) is 11.9 Å². The molecule has 0 aliphatic carbocycles. The van der Waals surface area contributed by atoms with Crippen LogP contribution in [0.2, 0.25) is 0 Å². The Bertz CT molecular complexity index is 2350. The van der Waals surface area contributed by atoms with Crippen LogP contribution in [-0.2, 0) is 19.1 Å². The predicted molar refractivity (Wildman–Crippen MR) is 212 cm³/mol. The van der Waals surface area contributed by atoms with Crippen molar-refractivity contribution in [3.05, 3.63) is 132 Å². The Morgan fingerprint density at radius 1 is 0.690 bits per heavy atom. The number of rotatable bonds is 12. The molecule has 7 rings (SSSR count). The minimum absolute atomic E-state index is 0.248. The summed E-state index contributed by atoms with van der Waals surface area (Å²) in [6, 6.07) is 26.8. The molecule has 1 aliphatic heterocycles. The van der Waals surface area contributed by atoms with Gasteiger partial charge in [0.2, 0.25) is 5.91 Å². The Morgan fingerprint density at radius 2 is 1.28 bits per heavy atom. The minimum Gasteiger partial charge on any atom is -0.453 e. The van der Waals surface area contributed by atoms with Gasteiger partial charge >= 0.3 is 12.2 Å². The summed E-state index contributed by atoms with van der Waals surface area (Å²) in [5.41, 5.74) is 5.67. The molecule has 4 heterocycles. The lowest BCUT2D eigenvalue weighted by Crippen LogP contribution is -2.42. The molecule has 3 aromatic carbocycles. The molecule has 0 bridgehead atoms. The zero-order chi connectivity index (χ0) is 40.6. The van der Waals surface area contributed by atoms with Crippen LogP contribution in [0.4, 0.5) is 9.59 Å². The number of H-pyrrole nitrogens is 2. The summed E-state index contributed by atoms with van der Waals surface area (Å²) < 4.78 is 9.53. The molecule has 1 fully saturated rings. The second-order valence-electron chi connectivity index (χ2n) is 13.6. The number of ether oxygens (including phenoxy) is 2. The molecule has 16 nitrogen and oxygen atoms in total. The van der Waals surface area contributed by atoms with Crippen molar-refractivity contribution in [2.75, 3.05) is 20.8 Å². The number of hydrogen-bond donors (Lipinski definition) is 5. The lowest BCUT2D eigenvalue weighted by molar-refractivity contribution is -0.134. The molecule has 58 heavy (non-hydrogen) atoms. The zero-order valence-electron chi connectivity index (χ0n) is 32.0. The highest BCUT2D eigenvalue weighted by atomic mass is 16.5. The molecule has 0 radical (unpaired) electrons. The van der Waals surface area contributed by atoms with Gasteiger partial charge in [-0.05, 0) is 48.6 Å². The van der Waals surface area contributed by atoms with E-state index in [0.29, 0.717) is 52.8 Å². The first-order valence-corrected chi connectivity index (χ1v) is 18.7. The van der Waals surface area contributed by atoms with Gasteiger partial charge in [-0.2, -0.15) is 0 Å². The fourth-order valence-electron chi connectivity index (χ4n) is 6.87. The van der Waals surface area contributed by atoms with Crippen molar-refractivity contribution in [2.45, 2.75) is 43.9 Å². The van der Waals surface area contributed by atoms with Gasteiger partial charge in [-0.25, -0.2) is 19.6 Å². The first-order valence-electron chi connectivity index (χ1n) is 18.7. The number of carbonyl (C=O) groups excluding carboxylic acids is 4. The number of nitrogens with zero attached hydrogens (tertiary/aromatic N) is 5. The highest BCUT2D eigenvalue weighted by molar-refractivity contribution is 5.88. The number of hydrogen-bond acceptors (Lipinski definition) is 10. The van der Waals surface area contributed by atoms with Crippen LogP contribution in [0.15, 0.2) is 109 Å². The lowest BCUT2D eigenvalue weighted by Gasteiger charge is -2.28. The number of nitrogens with one attached hydrogen (secondary N) is 5. The molecule has 16 heteroatoms. The van der Waals surface area contributed by atoms with Gasteiger partial charge in [-0.1, -0.05) is 84.9 Å². The fourth-order valence-corrected chi connectivity index (χ4v) is 6.87. The maximum Gasteiger partial charge on any atom is 0.407 e. The Balaban J connectivity index is 0.990. The van der Waals surface area contributed by atoms with Gasteiger partial charge in [0.25, 0.3) is 5.91 Å². The van der Waals surface area contributed by atoms with Crippen molar-refractivity contribution in [2.24, 2.45) is 0 Å². The molecule has 3 aromatic heterocycles. The van der Waals surface area contributed by atoms with Gasteiger partial charge in [-0.3, -0.25) is 9.59 Å². The van der Waals surface area contributed by atoms with Gasteiger partial charge < -0.3 is 40.3 Å². The van der Waals surface area contributed by atoms with Crippen LogP contribution in [0.5, 0.6) is 0 Å². The quantitative estimate of drug-likeness (QED) is 0.0984. The number of likely N-dealkylation sites (tertiary alicyclic amines) is 1. The first kappa shape index (κ1) is 38.9. The van der Waals surface area contributed by atoms with Crippen LogP contribution >= 0.6 is 0 Å². The van der Waals surface area contributed by atoms with E-state index < -0.39 is 36.2 Å². The molecular weight excluding hydrogens is 741 g/mol. The third-order valence-electron chi connectivity index (χ3n) is 9.91. The maximum atomic E-state index is 13.9. The summed E-state index contributed by atoms with van der Waals surface area (Å²) in [4.78, 5) is 68.7. The molecule has 4 atom stereocenters. The van der Waals surface area contributed by atoms with E-state index in [1.54, 1.807) is 60.6 Å². The van der Waals surface area contributed by atoms with Crippen molar-refractivity contribution < 1.29 is 28.7 Å². The van der Waals surface area contributed by atoms with Crippen LogP contribution in [0.1, 0.15) is 66.7 Å². The Morgan fingerprint density at radius 3 is 1.91 bits per heavy atom. The number of amides is 4. The van der Waals surface area contributed by atoms with Crippen LogP contribution < -0.4 is 16.0 Å². The van der Waals surface area contributed by atoms with Gasteiger partial charge in [0.15, 0.2) is 0 Å². The molecule has 0 spiro atoms. The number of aromatic amines is 2. The van der Waals surface area contributed by atoms with E-state index in [9.17, 15) is 19.2 Å². The molecule has 0 saturated carbocycles. The van der Waals surface area contributed by atoms with Crippen LogP contribution in [0.3, 0.4) is 0 Å². The Hall–Kier alpha value is -7.36. The molecule has 5 N–H and O–H groups in total. The predicted octanol–water partition coefficient (Wildman–Crippen LogP) is 5.96. The lowest BCUT2D eigenvalue weighted by atomic mass is 10.1. The zero-order valence-corrected chi connectivity index (χ0v) is 32.0. The van der Waals surface area contributed by atoms with Crippen molar-refractivity contribution in [1.29, 1.82) is 0 Å². The topological polar surface area (TPSA) is 209 Å². The summed E-state index contributed by atoms with van der Waals surface area (Å²) in [6.07, 6.45) is 3.46. The largest absolute Gasteiger partial charge is 0.453 e. The van der Waals surface area contributed by atoms with E-state index in [2.05, 4.69) is 46.1 Å². The number of methoxy groups -OCH3 is 2. The molecule has 296 valence electrons. The van der Waals surface area contributed by atoms with Crippen LogP contribution in [0, 0.1) is 0 Å². The van der Waals surface area contributed by atoms with Crippen molar-refractivity contribution in [3.63, 3.8) is 0 Å². The highest BCUT2D eigenvalue weighted by Gasteiger charge is 2.37. The van der Waals surface area contributed by atoms with Crippen molar-refractivity contribution >= 4 is 24.0 Å². The van der Waals surface area contributed by atoms with Gasteiger partial charge in [-0.15, -0.1) is 10.2 Å². The highest BCUT2D eigenvalue weighted by Crippen LogP contribution is 2.34. The number of benzene rings is 3. The summed E-state index contributed by atoms with van der Waals surface area (Å²) in [7, 11) is 2.51. The normalized spacial score (nSPS) is 15.2. The van der Waals surface area contributed by atoms with Crippen LogP contribution in [0.25, 0.3) is 33.9 Å². The van der Waals surface area contributed by atoms with E-state index in [1.807, 2.05) is 60.7 Å². The molecule has 4 amide bonds. The summed E-state index contributed by atoms with van der Waals surface area (Å²) in [5.74, 6) is 0.502. The molecule has 6 aromatic rings. The minimum atomic E-state index is -0.954. The Kier molecular flexibility index (Phi) is 11.8. The standard InChI is InChI=1S/C42H42N10O6/c1-25(45-39(53)35(48-41(55)57-2)28-11-6-4-7-12-28)37-43-23-32(46-37)27-18-16-26(17-19-27)30-20-21-31(51-50-30)33-24-44-38(47-33)34-15-10-22-52(34)40(54)36(49-42(56)58-3)29-13-8-5-9-14-29/h4-9,11-14,16-21,23-25,34-36H,10,15,22H2,1-3H3,(H,43,46)(H,44,47)(H,45,53)(H,48,55)(H,49,56)/t25-,34-,35+,36?/m0/s1. The van der Waals surface area contributed by atoms with Gasteiger partial charge in [0, 0.05) is 12.1 Å². The average molecular weight is 783 g/mol. The Labute approximate surface area is 333 Å². The van der Waals surface area contributed by atoms with Crippen molar-refractivity contribution in [1.82, 2.24) is 51.0 Å². The number of alkyl carbamates (subject to hydrolysis) is 2. The number of aromatic nitrogens is 6. The second kappa shape index (κ2) is 17.6. The fraction of sp³-hybridized carbons (Fsp3) is 0.238. The third kappa shape index (κ3) is 8.70. The monoisotopic (exact) mass is 782 g/mol. The van der Waals surface area contributed by atoms with Crippen molar-refractivity contribution in [3.8, 4) is 33.9 Å². The third-order valence-corrected chi connectivity index (χ3v) is 9.91. The van der Waals surface area contributed by atoms with E-state index >= 15 is 0 Å². The van der Waals surface area contributed by atoms with Gasteiger partial charge in [0.1, 0.15) is 29.4 Å². The summed E-state index contributed by atoms with van der Waals surface area (Å²) in [5, 5.41) is 17.1. The smallest absolute Gasteiger partial charge is 0.407 e. The SMILES string of the molecule is COC(=O)NC(C(=O)N1CCC[C@H]1c1ncc(-c2ccc(-c3ccc(-c4cnc([C@H](C)NC(=O)[C@H](NC(=O)OC)c5ccccc5)[nH]4)cc3)nn2)[nH]1)c1ccccc1. The van der Waals surface area contributed by atoms with Gasteiger partial charge in [0.05, 0.1) is 55.8 Å². The molecular formula is C42H42N10O6. The number of carbonyl (C=O) groups is 4. The maximum absolute atomic E-state index is 13.9. The van der Waals surface area contributed by atoms with E-state index in [4.69, 9.17) is 9.47 Å². The first-order chi connectivity index (χ1) is 28.2. The second-order valence-corrected chi connectivity index (χ2v) is 13.6. The van der Waals surface area contributed by atoms with E-state index in [1.165, 1.54) is 14.2 Å².